The zero-order chi connectivity index (χ0) is 108. The Balaban J connectivity index is 0.000000835. The molecule has 8 fully saturated rings. The van der Waals surface area contributed by atoms with Gasteiger partial charge in [0.2, 0.25) is 0 Å². The summed E-state index contributed by atoms with van der Waals surface area (Å²) in [5, 5.41) is 0. The monoisotopic (exact) mass is 2080 g/mol. The summed E-state index contributed by atoms with van der Waals surface area (Å²) in [5.41, 5.74) is 0. The maximum absolute atomic E-state index is 11.9. The van der Waals surface area contributed by atoms with E-state index in [1.54, 1.807) is 56.9 Å². The van der Waals surface area contributed by atoms with Crippen LogP contribution in [0.2, 0.25) is 0 Å². The smallest absolute Gasteiger partial charge is 0.308 e. The van der Waals surface area contributed by atoms with Crippen molar-refractivity contribution < 1.29 is 143 Å². The summed E-state index contributed by atoms with van der Waals surface area (Å²) in [6, 6.07) is 0. The lowest BCUT2D eigenvalue weighted by Gasteiger charge is -2.26. The lowest BCUT2D eigenvalue weighted by molar-refractivity contribution is -0.151. The van der Waals surface area contributed by atoms with E-state index < -0.39 is 0 Å². The Hall–Kier alpha value is -6.15. The highest BCUT2D eigenvalue weighted by atomic mass is 16.6. The predicted octanol–water partition coefficient (Wildman–Crippen LogP) is 23.2. The molecule has 8 aliphatic carbocycles. The minimum Gasteiger partial charge on any atom is -0.469 e. The number of unbranched alkanes of at least 4 members (excludes halogenated alkanes) is 11. The van der Waals surface area contributed by atoms with Crippen LogP contribution in [0.15, 0.2) is 0 Å². The Bertz CT molecular complexity index is 3170. The van der Waals surface area contributed by atoms with Gasteiger partial charge in [0.05, 0.1) is 122 Å². The SMILES string of the molecule is CCC1CCC(C(=O)OCCCC(=O)OC)CC1.CCC1CCC(C(=O)OCCCCCCOC)CC1.CCC1CCC(C(=O)OCCCCOC)CC1.COC(=O)CCCOC(=O)C1CCC(C)CC1.COCC1CCC(C(=O)OCCCC(=O)OC)CC1.COCCCCCCOC(=O)C1CCC(C)CC1.COCCCCCCOC(=O)C1CCC(COC)CC1.COCCCCOC(=O)C1CCC(COC)CC1. The lowest BCUT2D eigenvalue weighted by atomic mass is 9.81. The zero-order valence-corrected chi connectivity index (χ0v) is 94.6. The maximum Gasteiger partial charge on any atom is 0.308 e. The molecule has 0 atom stereocenters. The first-order chi connectivity index (χ1) is 70.8. The summed E-state index contributed by atoms with van der Waals surface area (Å²) in [4.78, 5) is 127. The molecule has 0 aromatic heterocycles. The van der Waals surface area contributed by atoms with Crippen molar-refractivity contribution in [3.8, 4) is 0 Å². The summed E-state index contributed by atoms with van der Waals surface area (Å²) in [7, 11) is 17.8. The second-order valence-electron chi connectivity index (χ2n) is 41.8. The van der Waals surface area contributed by atoms with Gasteiger partial charge < -0.3 is 90.0 Å². The topological polar surface area (TPSA) is 363 Å². The molecule has 0 spiro atoms. The van der Waals surface area contributed by atoms with E-state index in [1.165, 1.54) is 79.1 Å². The van der Waals surface area contributed by atoms with E-state index in [0.717, 1.165) is 352 Å². The van der Waals surface area contributed by atoms with E-state index in [4.69, 9.17) is 75.8 Å². The van der Waals surface area contributed by atoms with Crippen LogP contribution in [0.3, 0.4) is 0 Å². The highest BCUT2D eigenvalue weighted by molar-refractivity contribution is 5.76. The molecule has 0 heterocycles. The van der Waals surface area contributed by atoms with Crippen molar-refractivity contribution in [2.75, 3.05) is 184 Å². The third-order valence-corrected chi connectivity index (χ3v) is 30.1. The fraction of sp³-hybridized carbons (Fsp3) is 0.905. The van der Waals surface area contributed by atoms with E-state index in [2.05, 4.69) is 48.8 Å². The van der Waals surface area contributed by atoms with Crippen LogP contribution in [0.4, 0.5) is 0 Å². The van der Waals surface area contributed by atoms with Crippen molar-refractivity contribution in [3.05, 3.63) is 0 Å². The number of carbonyl (C=O) groups excluding carboxylic acids is 11. The number of rotatable bonds is 60. The van der Waals surface area contributed by atoms with Gasteiger partial charge >= 0.3 is 65.7 Å². The van der Waals surface area contributed by atoms with Gasteiger partial charge in [-0.25, -0.2) is 0 Å². The molecular weight excluding hydrogens is 1870 g/mol. The summed E-state index contributed by atoms with van der Waals surface area (Å²) in [6.45, 7) is 21.3. The Labute approximate surface area is 883 Å². The molecule has 0 N–H and O–H groups in total. The van der Waals surface area contributed by atoms with Gasteiger partial charge in [-0.2, -0.15) is 0 Å². The van der Waals surface area contributed by atoms with Crippen LogP contribution in [-0.2, 0) is 143 Å². The first-order valence-corrected chi connectivity index (χ1v) is 57.3. The van der Waals surface area contributed by atoms with E-state index in [9.17, 15) is 52.7 Å². The molecule has 854 valence electrons. The second-order valence-corrected chi connectivity index (χ2v) is 41.8. The van der Waals surface area contributed by atoms with E-state index in [0.29, 0.717) is 109 Å². The van der Waals surface area contributed by atoms with Crippen LogP contribution in [0.25, 0.3) is 0 Å². The maximum atomic E-state index is 11.9. The number of hydrogen-bond acceptors (Lipinski definition) is 30. The van der Waals surface area contributed by atoms with Crippen LogP contribution in [0.1, 0.15) is 401 Å². The number of ether oxygens (including phenoxy) is 19. The van der Waals surface area contributed by atoms with Gasteiger partial charge in [-0.1, -0.05) is 73.1 Å². The highest BCUT2D eigenvalue weighted by Gasteiger charge is 2.34. The number of hydrogen-bond donors (Lipinski definition) is 0. The third-order valence-electron chi connectivity index (χ3n) is 30.1. The number of esters is 11. The Kier molecular flexibility index (Phi) is 89.5. The van der Waals surface area contributed by atoms with Crippen molar-refractivity contribution in [1.29, 1.82) is 0 Å². The largest absolute Gasteiger partial charge is 0.469 e. The number of carbonyl (C=O) groups is 11. The molecule has 0 amide bonds. The van der Waals surface area contributed by atoms with Crippen LogP contribution in [0.5, 0.6) is 0 Å². The fourth-order valence-corrected chi connectivity index (χ4v) is 19.9. The van der Waals surface area contributed by atoms with Crippen LogP contribution >= 0.6 is 0 Å². The van der Waals surface area contributed by atoms with Crippen molar-refractivity contribution in [3.63, 3.8) is 0 Å². The average Bonchev–Trinajstić information content (AvgIpc) is 0.862. The van der Waals surface area contributed by atoms with Crippen LogP contribution in [-0.4, -0.2) is 250 Å². The Morgan fingerprint density at radius 1 is 0.171 bits per heavy atom. The van der Waals surface area contributed by atoms with Crippen molar-refractivity contribution in [2.45, 2.75) is 401 Å². The van der Waals surface area contributed by atoms with Crippen molar-refractivity contribution in [1.82, 2.24) is 0 Å². The molecule has 30 nitrogen and oxygen atoms in total. The molecule has 8 rings (SSSR count). The molecule has 30 heteroatoms. The number of methoxy groups -OCH3 is 11. The summed E-state index contributed by atoms with van der Waals surface area (Å²) in [6.07, 6.45) is 56.6. The molecule has 0 aliphatic heterocycles. The molecule has 0 unspecified atom stereocenters. The Morgan fingerprint density at radius 2 is 0.315 bits per heavy atom. The molecule has 0 bridgehead atoms. The third kappa shape index (κ3) is 72.4. The molecule has 146 heavy (non-hydrogen) atoms. The second kappa shape index (κ2) is 94.8. The van der Waals surface area contributed by atoms with Gasteiger partial charge in [0.1, 0.15) is 0 Å². The van der Waals surface area contributed by atoms with Crippen LogP contribution < -0.4 is 0 Å². The molecule has 0 aromatic rings. The molecular formula is C116H210O30. The van der Waals surface area contributed by atoms with Gasteiger partial charge in [0.25, 0.3) is 0 Å². The zero-order valence-electron chi connectivity index (χ0n) is 94.6. The van der Waals surface area contributed by atoms with E-state index >= 15 is 0 Å². The molecule has 8 saturated carbocycles. The van der Waals surface area contributed by atoms with Gasteiger partial charge in [-0.3, -0.25) is 52.7 Å². The molecule has 0 saturated heterocycles. The molecule has 0 aromatic carbocycles. The van der Waals surface area contributed by atoms with E-state index in [1.807, 2.05) is 0 Å². The fourth-order valence-electron chi connectivity index (χ4n) is 19.9. The normalized spacial score (nSPS) is 23.6. The first kappa shape index (κ1) is 138. The highest BCUT2D eigenvalue weighted by Crippen LogP contribution is 2.38. The van der Waals surface area contributed by atoms with Crippen molar-refractivity contribution in [2.24, 2.45) is 94.7 Å². The quantitative estimate of drug-likeness (QED) is 0.0310. The van der Waals surface area contributed by atoms with Crippen LogP contribution in [0, 0.1) is 94.7 Å². The Morgan fingerprint density at radius 3 is 0.473 bits per heavy atom. The molecule has 0 radical (unpaired) electrons. The lowest BCUT2D eigenvalue weighted by Crippen LogP contribution is -2.25. The standard InChI is InChI=1S/C16H30O4.C16H30O3.C15H28O3.C14H24O5.C14H26O4.C14H24O4.C14H26O3.C13H22O4/c1-18-11-5-3-4-6-12-20-16(17)15-9-7-14(8-10-15)13-19-2;1-3-14-8-10-15(11-9-14)16(17)19-13-7-5-4-6-12-18-2;1-13-7-9-14(10-8-13)15(16)18-12-6-4-3-5-11-17-2;1-17-10-11-5-7-12(8-6-11)14(16)19-9-3-4-13(15)18-2;1-16-9-3-4-10-18-14(15)13-7-5-12(6-8-13)11-17-2;1-3-11-6-8-12(9-7-11)14(16)18-10-4-5-13(15)17-2;1-3-12-6-8-13(9-7-12)14(15)17-11-5-4-10-16-2;1-10-5-7-11(8-6-10)13(15)17-9-3-4-12(14)16-2/h14-15H,3-13H2,1-2H3;14-15H,3-13H2,1-2H3;13-14H,3-12H2,1-2H3;11-12H,3-10H2,1-2H3;12-13H,3-11H2,1-2H3;11-12H,3-10H2,1-2H3;12-13H,3-11H2,1-2H3;10-11H,3-9H2,1-2H3. The summed E-state index contributed by atoms with van der Waals surface area (Å²) in [5.74, 6) is 5.76. The molecule has 8 aliphatic rings. The summed E-state index contributed by atoms with van der Waals surface area (Å²) >= 11 is 0. The van der Waals surface area contributed by atoms with Gasteiger partial charge in [0, 0.05) is 129 Å². The van der Waals surface area contributed by atoms with Gasteiger partial charge in [0.15, 0.2) is 0 Å². The first-order valence-electron chi connectivity index (χ1n) is 57.3. The van der Waals surface area contributed by atoms with Crippen molar-refractivity contribution >= 4 is 65.7 Å². The predicted molar refractivity (Wildman–Crippen MR) is 566 cm³/mol. The average molecular weight is 2080 g/mol. The van der Waals surface area contributed by atoms with Gasteiger partial charge in [-0.15, -0.1) is 0 Å². The minimum atomic E-state index is -0.267. The minimum absolute atomic E-state index is 0.0108. The van der Waals surface area contributed by atoms with Gasteiger partial charge in [-0.05, 0) is 356 Å². The summed E-state index contributed by atoms with van der Waals surface area (Å²) < 4.78 is 96.2. The van der Waals surface area contributed by atoms with E-state index in [-0.39, 0.29) is 113 Å².